The number of halogens is 2. The van der Waals surface area contributed by atoms with Crippen molar-refractivity contribution in [2.24, 2.45) is 0 Å². The second-order valence-electron chi connectivity index (χ2n) is 7.23. The Morgan fingerprint density at radius 3 is 2.61 bits per heavy atom. The van der Waals surface area contributed by atoms with Gasteiger partial charge in [0.1, 0.15) is 0 Å². The molecule has 2 aromatic heterocycles. The zero-order valence-corrected chi connectivity index (χ0v) is 19.6. The van der Waals surface area contributed by atoms with Gasteiger partial charge in [-0.2, -0.15) is 0 Å². The molecule has 0 saturated carbocycles. The number of benzene rings is 2. The van der Waals surface area contributed by atoms with Crippen LogP contribution in [0.3, 0.4) is 0 Å². The fourth-order valence-corrected chi connectivity index (χ4v) is 4.93. The average Bonchev–Trinajstić information content (AvgIpc) is 3.20. The molecule has 0 spiro atoms. The minimum atomic E-state index is -0.356. The van der Waals surface area contributed by atoms with Gasteiger partial charge in [-0.1, -0.05) is 38.1 Å². The summed E-state index contributed by atoms with van der Waals surface area (Å²) in [4.78, 5) is 14.9. The molecule has 4 aromatic rings. The smallest absolute Gasteiger partial charge is 0.222 e. The molecular weight excluding hydrogens is 451 g/mol. The largest absolute Gasteiger partial charge is 0.323 e. The molecule has 0 atom stereocenters. The van der Waals surface area contributed by atoms with Gasteiger partial charge >= 0.3 is 0 Å². The van der Waals surface area contributed by atoms with E-state index in [2.05, 4.69) is 28.5 Å². The quantitative estimate of drug-likeness (QED) is 0.232. The third kappa shape index (κ3) is 4.74. The van der Waals surface area contributed by atoms with Crippen LogP contribution in [-0.2, 0) is 0 Å². The zero-order chi connectivity index (χ0) is 22.0. The molecule has 2 heterocycles. The molecule has 0 saturated heterocycles. The van der Waals surface area contributed by atoms with Crippen LogP contribution in [0.4, 0.5) is 10.1 Å². The SMILES string of the molecule is Cc1ccccc1SNc1cccc(-c2nc(C(C)C)sc2-c2ccnc(Cl)n2)c1F. The Morgan fingerprint density at radius 1 is 1.06 bits per heavy atom. The highest BCUT2D eigenvalue weighted by Crippen LogP contribution is 2.41. The summed E-state index contributed by atoms with van der Waals surface area (Å²) in [7, 11) is 0. The van der Waals surface area contributed by atoms with Gasteiger partial charge in [-0.25, -0.2) is 19.3 Å². The molecule has 0 aliphatic carbocycles. The Balaban J connectivity index is 1.74. The molecule has 0 amide bonds. The van der Waals surface area contributed by atoms with Crippen molar-refractivity contribution in [2.75, 3.05) is 4.72 Å². The monoisotopic (exact) mass is 470 g/mol. The summed E-state index contributed by atoms with van der Waals surface area (Å²) in [6, 6.07) is 15.0. The van der Waals surface area contributed by atoms with Gasteiger partial charge in [0.2, 0.25) is 5.28 Å². The maximum absolute atomic E-state index is 15.6. The molecule has 4 rings (SSSR count). The number of aryl methyl sites for hydroxylation is 1. The van der Waals surface area contributed by atoms with Gasteiger partial charge < -0.3 is 4.72 Å². The zero-order valence-electron chi connectivity index (χ0n) is 17.2. The summed E-state index contributed by atoms with van der Waals surface area (Å²) in [5, 5.41) is 1.06. The van der Waals surface area contributed by atoms with Crippen molar-refractivity contribution in [1.82, 2.24) is 15.0 Å². The molecule has 31 heavy (non-hydrogen) atoms. The molecule has 0 bridgehead atoms. The molecular formula is C23H20ClFN4S2. The van der Waals surface area contributed by atoms with E-state index in [0.29, 0.717) is 22.6 Å². The van der Waals surface area contributed by atoms with Crippen LogP contribution in [-0.4, -0.2) is 15.0 Å². The van der Waals surface area contributed by atoms with E-state index in [1.54, 1.807) is 24.4 Å². The van der Waals surface area contributed by atoms with Crippen molar-refractivity contribution in [2.45, 2.75) is 31.6 Å². The van der Waals surface area contributed by atoms with Crippen LogP contribution in [0.25, 0.3) is 21.8 Å². The first kappa shape index (κ1) is 21.7. The molecule has 0 aliphatic heterocycles. The highest BCUT2D eigenvalue weighted by atomic mass is 35.5. The summed E-state index contributed by atoms with van der Waals surface area (Å²) in [5.74, 6) is -0.151. The maximum Gasteiger partial charge on any atom is 0.222 e. The number of hydrogen-bond acceptors (Lipinski definition) is 6. The normalized spacial score (nSPS) is 11.2. The van der Waals surface area contributed by atoms with Crippen LogP contribution in [0.1, 0.15) is 30.3 Å². The molecule has 0 unspecified atom stereocenters. The standard InChI is InChI=1S/C23H20ClFN4S2/c1-13(2)22-28-20(21(30-22)17-11-12-26-23(24)27-17)15-8-6-9-16(19(15)25)29-31-18-10-5-4-7-14(18)3/h4-13,29H,1-3H3. The van der Waals surface area contributed by atoms with Crippen LogP contribution >= 0.6 is 34.9 Å². The lowest BCUT2D eigenvalue weighted by Gasteiger charge is -2.11. The van der Waals surface area contributed by atoms with Gasteiger partial charge in [-0.15, -0.1) is 11.3 Å². The Hall–Kier alpha value is -2.48. The molecule has 0 aliphatic rings. The molecule has 1 N–H and O–H groups in total. The van der Waals surface area contributed by atoms with Gasteiger partial charge in [0.15, 0.2) is 5.82 Å². The molecule has 2 aromatic carbocycles. The van der Waals surface area contributed by atoms with E-state index in [1.165, 1.54) is 23.3 Å². The number of anilines is 1. The number of aromatic nitrogens is 3. The van der Waals surface area contributed by atoms with E-state index in [0.717, 1.165) is 20.3 Å². The van der Waals surface area contributed by atoms with E-state index >= 15 is 4.39 Å². The lowest BCUT2D eigenvalue weighted by atomic mass is 10.1. The van der Waals surface area contributed by atoms with Crippen molar-refractivity contribution in [1.29, 1.82) is 0 Å². The van der Waals surface area contributed by atoms with Crippen LogP contribution in [0, 0.1) is 12.7 Å². The summed E-state index contributed by atoms with van der Waals surface area (Å²) < 4.78 is 18.7. The second-order valence-corrected chi connectivity index (χ2v) is 9.45. The van der Waals surface area contributed by atoms with Gasteiger partial charge in [0.25, 0.3) is 0 Å². The summed E-state index contributed by atoms with van der Waals surface area (Å²) in [6.45, 7) is 6.15. The highest BCUT2D eigenvalue weighted by molar-refractivity contribution is 8.00. The van der Waals surface area contributed by atoms with Crippen molar-refractivity contribution in [3.63, 3.8) is 0 Å². The average molecular weight is 471 g/mol. The first-order valence-corrected chi connectivity index (χ1v) is 11.7. The van der Waals surface area contributed by atoms with Crippen LogP contribution in [0.2, 0.25) is 5.28 Å². The number of hydrogen-bond donors (Lipinski definition) is 1. The van der Waals surface area contributed by atoms with E-state index in [9.17, 15) is 0 Å². The Labute approximate surface area is 194 Å². The van der Waals surface area contributed by atoms with E-state index in [1.807, 2.05) is 37.3 Å². The van der Waals surface area contributed by atoms with E-state index in [-0.39, 0.29) is 17.0 Å². The molecule has 158 valence electrons. The van der Waals surface area contributed by atoms with Gasteiger partial charge in [-0.05, 0) is 60.3 Å². The maximum atomic E-state index is 15.6. The fourth-order valence-electron chi connectivity index (χ4n) is 2.98. The minimum Gasteiger partial charge on any atom is -0.323 e. The van der Waals surface area contributed by atoms with Crippen molar-refractivity contribution >= 4 is 40.6 Å². The predicted octanol–water partition coefficient (Wildman–Crippen LogP) is 7.61. The third-order valence-electron chi connectivity index (χ3n) is 4.61. The molecule has 0 fully saturated rings. The van der Waals surface area contributed by atoms with Crippen LogP contribution in [0.5, 0.6) is 0 Å². The number of thiazole rings is 1. The lowest BCUT2D eigenvalue weighted by Crippen LogP contribution is -1.96. The summed E-state index contributed by atoms with van der Waals surface area (Å²) in [5.41, 5.74) is 3.14. The molecule has 8 heteroatoms. The van der Waals surface area contributed by atoms with Crippen molar-refractivity contribution < 1.29 is 4.39 Å². The summed E-state index contributed by atoms with van der Waals surface area (Å²) >= 11 is 8.89. The summed E-state index contributed by atoms with van der Waals surface area (Å²) in [6.07, 6.45) is 1.59. The second kappa shape index (κ2) is 9.34. The van der Waals surface area contributed by atoms with Crippen LogP contribution < -0.4 is 4.72 Å². The fraction of sp³-hybridized carbons (Fsp3) is 0.174. The van der Waals surface area contributed by atoms with E-state index in [4.69, 9.17) is 16.6 Å². The predicted molar refractivity (Wildman–Crippen MR) is 128 cm³/mol. The highest BCUT2D eigenvalue weighted by Gasteiger charge is 2.21. The van der Waals surface area contributed by atoms with Crippen molar-refractivity contribution in [3.8, 4) is 21.8 Å². The number of nitrogens with one attached hydrogen (secondary N) is 1. The van der Waals surface area contributed by atoms with E-state index < -0.39 is 0 Å². The minimum absolute atomic E-state index is 0.147. The Morgan fingerprint density at radius 2 is 1.87 bits per heavy atom. The first-order chi connectivity index (χ1) is 14.9. The van der Waals surface area contributed by atoms with Crippen LogP contribution in [0.15, 0.2) is 59.6 Å². The topological polar surface area (TPSA) is 50.7 Å². The lowest BCUT2D eigenvalue weighted by molar-refractivity contribution is 0.635. The molecule has 4 nitrogen and oxygen atoms in total. The Kier molecular flexibility index (Phi) is 6.55. The van der Waals surface area contributed by atoms with Gasteiger partial charge in [0.05, 0.1) is 27.0 Å². The number of nitrogens with zero attached hydrogens (tertiary/aromatic N) is 3. The first-order valence-electron chi connectivity index (χ1n) is 9.71. The third-order valence-corrected chi connectivity index (χ3v) is 7.18. The van der Waals surface area contributed by atoms with Crippen molar-refractivity contribution in [3.05, 3.63) is 76.4 Å². The van der Waals surface area contributed by atoms with Gasteiger partial charge in [-0.3, -0.25) is 0 Å². The van der Waals surface area contributed by atoms with Gasteiger partial charge in [0, 0.05) is 22.6 Å². The number of rotatable bonds is 6. The molecule has 0 radical (unpaired) electrons. The Bertz CT molecular complexity index is 1230.